The van der Waals surface area contributed by atoms with Gasteiger partial charge in [-0.05, 0) is 5.92 Å². The number of rotatable bonds is 9. The van der Waals surface area contributed by atoms with Crippen molar-refractivity contribution in [2.24, 2.45) is 11.3 Å². The van der Waals surface area contributed by atoms with Gasteiger partial charge in [-0.3, -0.25) is 0 Å². The van der Waals surface area contributed by atoms with Crippen LogP contribution in [0.15, 0.2) is 0 Å². The molecule has 11 heteroatoms. The third-order valence-corrected chi connectivity index (χ3v) is 3.12. The van der Waals surface area contributed by atoms with E-state index in [0.717, 1.165) is 0 Å². The van der Waals surface area contributed by atoms with Gasteiger partial charge in [0.05, 0.1) is 31.8 Å². The summed E-state index contributed by atoms with van der Waals surface area (Å²) in [5.41, 5.74) is -0.894. The molecule has 0 aromatic heterocycles. The van der Waals surface area contributed by atoms with E-state index in [1.54, 1.807) is 0 Å². The predicted octanol–water partition coefficient (Wildman–Crippen LogP) is -0.0753. The van der Waals surface area contributed by atoms with Crippen molar-refractivity contribution < 1.29 is 43.3 Å². The molecule has 0 aliphatic rings. The molecule has 20 heavy (non-hydrogen) atoms. The van der Waals surface area contributed by atoms with Gasteiger partial charge in [-0.2, -0.15) is 0 Å². The first-order valence-corrected chi connectivity index (χ1v) is 7.89. The minimum atomic E-state index is -2.92. The Morgan fingerprint density at radius 2 is 1.40 bits per heavy atom. The third kappa shape index (κ3) is 12.9. The van der Waals surface area contributed by atoms with E-state index in [1.165, 1.54) is 0 Å². The SMILES string of the molecule is CC(C)COCC(CO)(CO)CO.O=[P+](O)O[P+](=O)O. The van der Waals surface area contributed by atoms with Crippen LogP contribution in [0.2, 0.25) is 0 Å². The second-order valence-corrected chi connectivity index (χ2v) is 6.05. The van der Waals surface area contributed by atoms with Crippen molar-refractivity contribution in [3.05, 3.63) is 0 Å². The van der Waals surface area contributed by atoms with Crippen LogP contribution in [-0.4, -0.2) is 58.1 Å². The Balaban J connectivity index is 0. The van der Waals surface area contributed by atoms with Crippen molar-refractivity contribution in [2.45, 2.75) is 13.8 Å². The molecule has 0 heterocycles. The highest BCUT2D eigenvalue weighted by molar-refractivity contribution is 7.46. The highest BCUT2D eigenvalue weighted by Crippen LogP contribution is 2.30. The molecule has 0 rings (SSSR count). The summed E-state index contributed by atoms with van der Waals surface area (Å²) in [4.78, 5) is 15.3. The molecule has 0 bridgehead atoms. The molecule has 0 saturated heterocycles. The van der Waals surface area contributed by atoms with Crippen molar-refractivity contribution in [1.82, 2.24) is 0 Å². The fourth-order valence-electron chi connectivity index (χ4n) is 0.858. The van der Waals surface area contributed by atoms with Gasteiger partial charge >= 0.3 is 16.5 Å². The number of aliphatic hydroxyl groups excluding tert-OH is 3. The number of ether oxygens (including phenoxy) is 1. The fraction of sp³-hybridized carbons (Fsp3) is 1.00. The summed E-state index contributed by atoms with van der Waals surface area (Å²) in [6, 6.07) is 0. The molecule has 0 saturated carbocycles. The van der Waals surface area contributed by atoms with Crippen LogP contribution < -0.4 is 0 Å². The summed E-state index contributed by atoms with van der Waals surface area (Å²) in [5, 5.41) is 26.8. The van der Waals surface area contributed by atoms with E-state index in [4.69, 9.17) is 29.8 Å². The lowest BCUT2D eigenvalue weighted by atomic mass is 9.93. The largest absolute Gasteiger partial charge is 0.745 e. The minimum absolute atomic E-state index is 0.189. The molecule has 0 spiro atoms. The smallest absolute Gasteiger partial charge is 0.396 e. The average molecular weight is 336 g/mol. The first-order chi connectivity index (χ1) is 9.22. The van der Waals surface area contributed by atoms with Gasteiger partial charge < -0.3 is 20.1 Å². The highest BCUT2D eigenvalue weighted by Gasteiger charge is 2.31. The van der Waals surface area contributed by atoms with Gasteiger partial charge in [0.25, 0.3) is 0 Å². The molecule has 0 fully saturated rings. The zero-order chi connectivity index (χ0) is 16.2. The van der Waals surface area contributed by atoms with Crippen LogP contribution in [0.25, 0.3) is 0 Å². The van der Waals surface area contributed by atoms with Crippen LogP contribution in [0.1, 0.15) is 13.8 Å². The zero-order valence-electron chi connectivity index (χ0n) is 11.4. The van der Waals surface area contributed by atoms with Crippen molar-refractivity contribution in [2.75, 3.05) is 33.0 Å². The Morgan fingerprint density at radius 1 is 1.00 bits per heavy atom. The van der Waals surface area contributed by atoms with Crippen molar-refractivity contribution >= 4 is 16.5 Å². The molecule has 2 atom stereocenters. The molecular formula is C9H22O9P2+2. The summed E-state index contributed by atoms with van der Waals surface area (Å²) in [7, 11) is -5.85. The number of aliphatic hydroxyl groups is 3. The normalized spacial score (nSPS) is 12.8. The predicted molar refractivity (Wildman–Crippen MR) is 70.1 cm³/mol. The molecule has 2 unspecified atom stereocenters. The maximum atomic E-state index is 9.39. The summed E-state index contributed by atoms with van der Waals surface area (Å²) in [5.74, 6) is 0.411. The van der Waals surface area contributed by atoms with Crippen LogP contribution in [0.4, 0.5) is 0 Å². The Bertz CT molecular complexity index is 260. The van der Waals surface area contributed by atoms with Gasteiger partial charge in [0.15, 0.2) is 4.31 Å². The molecule has 5 N–H and O–H groups in total. The molecule has 120 valence electrons. The van der Waals surface area contributed by atoms with Crippen LogP contribution >= 0.6 is 16.5 Å². The maximum Gasteiger partial charge on any atom is 0.745 e. The highest BCUT2D eigenvalue weighted by atomic mass is 31.2. The first-order valence-electron chi connectivity index (χ1n) is 5.63. The Morgan fingerprint density at radius 3 is 1.60 bits per heavy atom. The van der Waals surface area contributed by atoms with Crippen molar-refractivity contribution in [1.29, 1.82) is 0 Å². The van der Waals surface area contributed by atoms with Gasteiger partial charge in [0, 0.05) is 15.7 Å². The van der Waals surface area contributed by atoms with Gasteiger partial charge in [0.2, 0.25) is 0 Å². The van der Waals surface area contributed by atoms with Crippen LogP contribution in [0.3, 0.4) is 0 Å². The Kier molecular flexibility index (Phi) is 14.0. The zero-order valence-corrected chi connectivity index (χ0v) is 13.2. The topological polar surface area (TPSA) is 154 Å². The quantitative estimate of drug-likeness (QED) is 0.364. The monoisotopic (exact) mass is 336 g/mol. The summed E-state index contributed by atoms with van der Waals surface area (Å²) in [6.45, 7) is 3.99. The van der Waals surface area contributed by atoms with E-state index >= 15 is 0 Å². The first kappa shape index (κ1) is 22.2. The molecule has 0 aromatic carbocycles. The third-order valence-electron chi connectivity index (χ3n) is 2.01. The summed E-state index contributed by atoms with van der Waals surface area (Å²) >= 11 is 0. The maximum absolute atomic E-state index is 9.39. The van der Waals surface area contributed by atoms with Gasteiger partial charge in [0.1, 0.15) is 0 Å². The Hall–Kier alpha value is -0.0800. The fourth-order valence-corrected chi connectivity index (χ4v) is 1.34. The van der Waals surface area contributed by atoms with Crippen LogP contribution in [-0.2, 0) is 18.2 Å². The second kappa shape index (κ2) is 12.6. The lowest BCUT2D eigenvalue weighted by molar-refractivity contribution is -0.0621. The van der Waals surface area contributed by atoms with E-state index in [1.807, 2.05) is 13.8 Å². The van der Waals surface area contributed by atoms with E-state index < -0.39 is 21.9 Å². The standard InChI is InChI=1S/C9H20O4.O5P2/c1-8(2)3-13-7-9(4-10,5-11)6-12;1-6(2)5-7(3)4/h8,10-12H,3-7H2,1-2H3;/p+2. The molecule has 0 amide bonds. The lowest BCUT2D eigenvalue weighted by Gasteiger charge is -2.27. The second-order valence-electron chi connectivity index (χ2n) is 4.44. The molecule has 9 nitrogen and oxygen atoms in total. The minimum Gasteiger partial charge on any atom is -0.396 e. The van der Waals surface area contributed by atoms with Gasteiger partial charge in [-0.15, -0.1) is 9.79 Å². The van der Waals surface area contributed by atoms with Crippen LogP contribution in [0.5, 0.6) is 0 Å². The number of hydrogen-bond donors (Lipinski definition) is 5. The van der Waals surface area contributed by atoms with Crippen molar-refractivity contribution in [3.8, 4) is 0 Å². The van der Waals surface area contributed by atoms with Gasteiger partial charge in [-0.1, -0.05) is 13.8 Å². The summed E-state index contributed by atoms with van der Waals surface area (Å²) < 4.78 is 27.4. The van der Waals surface area contributed by atoms with E-state index in [0.29, 0.717) is 12.5 Å². The molecular weight excluding hydrogens is 314 g/mol. The van der Waals surface area contributed by atoms with Crippen molar-refractivity contribution in [3.63, 3.8) is 0 Å². The molecule has 0 radical (unpaired) electrons. The van der Waals surface area contributed by atoms with E-state index in [-0.39, 0.29) is 26.4 Å². The molecule has 0 aliphatic heterocycles. The molecule has 0 aromatic rings. The Labute approximate surface area is 119 Å². The van der Waals surface area contributed by atoms with Crippen LogP contribution in [0, 0.1) is 11.3 Å². The van der Waals surface area contributed by atoms with E-state index in [2.05, 4.69) is 4.31 Å². The lowest BCUT2D eigenvalue weighted by Crippen LogP contribution is -2.39. The number of hydrogen-bond acceptors (Lipinski definition) is 7. The summed E-state index contributed by atoms with van der Waals surface area (Å²) in [6.07, 6.45) is 0. The molecule has 0 aliphatic carbocycles. The average Bonchev–Trinajstić information content (AvgIpc) is 2.34. The van der Waals surface area contributed by atoms with Gasteiger partial charge in [-0.25, -0.2) is 0 Å². The van der Waals surface area contributed by atoms with E-state index in [9.17, 15) is 9.13 Å².